The van der Waals surface area contributed by atoms with Crippen LogP contribution < -0.4 is 5.32 Å². The van der Waals surface area contributed by atoms with Crippen LogP contribution in [0.3, 0.4) is 0 Å². The van der Waals surface area contributed by atoms with E-state index in [4.69, 9.17) is 0 Å². The van der Waals surface area contributed by atoms with Gasteiger partial charge in [-0.3, -0.25) is 9.59 Å². The van der Waals surface area contributed by atoms with E-state index in [0.29, 0.717) is 11.7 Å². The summed E-state index contributed by atoms with van der Waals surface area (Å²) in [4.78, 5) is 31.5. The number of hydrogen-bond acceptors (Lipinski definition) is 4. The number of likely N-dealkylation sites (tertiary alicyclic amines) is 1. The lowest BCUT2D eigenvalue weighted by molar-refractivity contribution is -0.135. The van der Waals surface area contributed by atoms with E-state index in [-0.39, 0.29) is 29.1 Å². The van der Waals surface area contributed by atoms with Gasteiger partial charge in [0.2, 0.25) is 11.8 Å². The summed E-state index contributed by atoms with van der Waals surface area (Å²) in [6, 6.07) is 8.45. The third kappa shape index (κ3) is 4.69. The first-order valence-electron chi connectivity index (χ1n) is 10.5. The van der Waals surface area contributed by atoms with Crippen molar-refractivity contribution in [3.63, 3.8) is 0 Å². The average molecular weight is 412 g/mol. The molecule has 2 amide bonds. The summed E-state index contributed by atoms with van der Waals surface area (Å²) in [6.45, 7) is 7.91. The van der Waals surface area contributed by atoms with Crippen molar-refractivity contribution < 1.29 is 9.59 Å². The van der Waals surface area contributed by atoms with E-state index in [1.54, 1.807) is 0 Å². The lowest BCUT2D eigenvalue weighted by Crippen LogP contribution is -2.44. The third-order valence-corrected chi connectivity index (χ3v) is 6.57. The molecule has 2 fully saturated rings. The summed E-state index contributed by atoms with van der Waals surface area (Å²) in [5, 5.41) is 5.57. The van der Waals surface area contributed by atoms with Crippen molar-refractivity contribution in [1.82, 2.24) is 9.88 Å². The lowest BCUT2D eigenvalue weighted by Gasteiger charge is -2.32. The van der Waals surface area contributed by atoms with E-state index in [1.807, 2.05) is 10.3 Å². The van der Waals surface area contributed by atoms with Crippen molar-refractivity contribution in [2.75, 3.05) is 18.4 Å². The molecule has 1 saturated heterocycles. The van der Waals surface area contributed by atoms with E-state index in [0.717, 1.165) is 43.5 Å². The summed E-state index contributed by atoms with van der Waals surface area (Å²) in [6.07, 6.45) is 3.72. The molecular weight excluding hydrogens is 382 g/mol. The van der Waals surface area contributed by atoms with Crippen LogP contribution in [0.25, 0.3) is 11.3 Å². The number of carbonyl (C=O) groups excluding carboxylic acids is 2. The highest BCUT2D eigenvalue weighted by Gasteiger charge is 2.36. The summed E-state index contributed by atoms with van der Waals surface area (Å²) < 4.78 is 0. The zero-order valence-corrected chi connectivity index (χ0v) is 18.2. The Labute approximate surface area is 176 Å². The van der Waals surface area contributed by atoms with E-state index >= 15 is 0 Å². The maximum absolute atomic E-state index is 12.7. The van der Waals surface area contributed by atoms with Gasteiger partial charge in [0.15, 0.2) is 5.13 Å². The van der Waals surface area contributed by atoms with Gasteiger partial charge in [-0.05, 0) is 36.7 Å². The summed E-state index contributed by atoms with van der Waals surface area (Å²) in [5.41, 5.74) is 3.33. The van der Waals surface area contributed by atoms with Gasteiger partial charge in [-0.1, -0.05) is 45.0 Å². The first kappa shape index (κ1) is 20.1. The number of aromatic nitrogens is 1. The number of nitrogens with zero attached hydrogens (tertiary/aromatic N) is 2. The molecule has 29 heavy (non-hydrogen) atoms. The van der Waals surface area contributed by atoms with Crippen LogP contribution in [0.5, 0.6) is 0 Å². The Balaban J connectivity index is 1.38. The van der Waals surface area contributed by atoms with Crippen LogP contribution in [-0.2, 0) is 15.0 Å². The van der Waals surface area contributed by atoms with Crippen molar-refractivity contribution in [3.05, 3.63) is 35.2 Å². The van der Waals surface area contributed by atoms with Crippen LogP contribution in [0, 0.1) is 11.8 Å². The first-order valence-corrected chi connectivity index (χ1v) is 11.4. The molecule has 1 aliphatic heterocycles. The Bertz CT molecular complexity index is 894. The van der Waals surface area contributed by atoms with Crippen molar-refractivity contribution >= 4 is 28.3 Å². The van der Waals surface area contributed by atoms with Gasteiger partial charge < -0.3 is 10.2 Å². The van der Waals surface area contributed by atoms with Gasteiger partial charge in [0.1, 0.15) is 0 Å². The van der Waals surface area contributed by atoms with Crippen LogP contribution in [0.2, 0.25) is 0 Å². The number of rotatable bonds is 4. The predicted molar refractivity (Wildman–Crippen MR) is 117 cm³/mol. The topological polar surface area (TPSA) is 62.3 Å². The minimum absolute atomic E-state index is 0.0257. The van der Waals surface area contributed by atoms with Gasteiger partial charge in [0.05, 0.1) is 11.6 Å². The zero-order chi connectivity index (χ0) is 20.6. The minimum atomic E-state index is -0.148. The number of carbonyl (C=O) groups is 2. The van der Waals surface area contributed by atoms with Gasteiger partial charge in [0.25, 0.3) is 0 Å². The summed E-state index contributed by atoms with van der Waals surface area (Å²) in [7, 11) is 0. The molecule has 0 bridgehead atoms. The number of benzene rings is 1. The van der Waals surface area contributed by atoms with Crippen molar-refractivity contribution in [1.29, 1.82) is 0 Å². The fourth-order valence-corrected chi connectivity index (χ4v) is 4.51. The molecule has 1 N–H and O–H groups in total. The standard InChI is InChI=1S/C23H29N3O2S/c1-23(2,3)18-10-8-15(9-11-18)19-14-29-22(24-19)25-20(27)17-5-4-12-26(13-17)21(28)16-6-7-16/h8-11,14,16-17H,4-7,12-13H2,1-3H3,(H,24,25,27). The maximum Gasteiger partial charge on any atom is 0.231 e. The maximum atomic E-state index is 12.7. The minimum Gasteiger partial charge on any atom is -0.342 e. The molecule has 5 nitrogen and oxygen atoms in total. The van der Waals surface area contributed by atoms with E-state index < -0.39 is 0 Å². The number of amides is 2. The Morgan fingerprint density at radius 2 is 1.83 bits per heavy atom. The van der Waals surface area contributed by atoms with Gasteiger partial charge in [-0.2, -0.15) is 0 Å². The molecule has 2 heterocycles. The molecule has 0 spiro atoms. The van der Waals surface area contributed by atoms with Crippen molar-refractivity contribution in [2.24, 2.45) is 11.8 Å². The Morgan fingerprint density at radius 3 is 2.48 bits per heavy atom. The Hall–Kier alpha value is -2.21. The monoisotopic (exact) mass is 411 g/mol. The number of piperidine rings is 1. The number of anilines is 1. The largest absolute Gasteiger partial charge is 0.342 e. The predicted octanol–water partition coefficient (Wildman–Crippen LogP) is 4.69. The van der Waals surface area contributed by atoms with Crippen LogP contribution in [0.4, 0.5) is 5.13 Å². The number of thiazole rings is 1. The molecule has 1 atom stereocenters. The fraction of sp³-hybridized carbons (Fsp3) is 0.522. The van der Waals surface area contributed by atoms with Gasteiger partial charge in [-0.15, -0.1) is 11.3 Å². The molecule has 1 aromatic heterocycles. The van der Waals surface area contributed by atoms with Crippen LogP contribution in [0.1, 0.15) is 52.0 Å². The van der Waals surface area contributed by atoms with Crippen LogP contribution in [-0.4, -0.2) is 34.8 Å². The molecule has 0 radical (unpaired) electrons. The molecule has 6 heteroatoms. The van der Waals surface area contributed by atoms with E-state index in [2.05, 4.69) is 55.3 Å². The Morgan fingerprint density at radius 1 is 1.10 bits per heavy atom. The SMILES string of the molecule is CC(C)(C)c1ccc(-c2csc(NC(=O)C3CCCN(C(=O)C4CC4)C3)n2)cc1. The molecule has 154 valence electrons. The quantitative estimate of drug-likeness (QED) is 0.794. The van der Waals surface area contributed by atoms with Gasteiger partial charge in [0, 0.05) is 30.0 Å². The highest BCUT2D eigenvalue weighted by molar-refractivity contribution is 7.14. The lowest BCUT2D eigenvalue weighted by atomic mass is 9.86. The molecule has 1 aromatic carbocycles. The second-order valence-electron chi connectivity index (χ2n) is 9.25. The molecule has 2 aromatic rings. The van der Waals surface area contributed by atoms with Crippen molar-refractivity contribution in [3.8, 4) is 11.3 Å². The fourth-order valence-electron chi connectivity index (χ4n) is 3.79. The summed E-state index contributed by atoms with van der Waals surface area (Å²) in [5.74, 6) is 0.271. The Kier molecular flexibility index (Phi) is 5.47. The second-order valence-corrected chi connectivity index (χ2v) is 10.1. The van der Waals surface area contributed by atoms with Gasteiger partial charge in [-0.25, -0.2) is 4.98 Å². The second kappa shape index (κ2) is 7.90. The molecule has 2 aliphatic rings. The zero-order valence-electron chi connectivity index (χ0n) is 17.4. The first-order chi connectivity index (χ1) is 13.8. The molecule has 4 rings (SSSR count). The van der Waals surface area contributed by atoms with E-state index in [9.17, 15) is 9.59 Å². The highest BCUT2D eigenvalue weighted by Crippen LogP contribution is 2.33. The summed E-state index contributed by atoms with van der Waals surface area (Å²) >= 11 is 1.44. The normalized spacial score (nSPS) is 19.8. The highest BCUT2D eigenvalue weighted by atomic mass is 32.1. The van der Waals surface area contributed by atoms with Crippen LogP contribution in [0.15, 0.2) is 29.6 Å². The van der Waals surface area contributed by atoms with Gasteiger partial charge >= 0.3 is 0 Å². The van der Waals surface area contributed by atoms with E-state index in [1.165, 1.54) is 16.9 Å². The number of hydrogen-bond donors (Lipinski definition) is 1. The van der Waals surface area contributed by atoms with Crippen LogP contribution >= 0.6 is 11.3 Å². The average Bonchev–Trinajstić information content (AvgIpc) is 3.46. The molecule has 1 unspecified atom stereocenters. The number of nitrogens with one attached hydrogen (secondary N) is 1. The molecule has 1 aliphatic carbocycles. The van der Waals surface area contributed by atoms with Crippen molar-refractivity contribution in [2.45, 2.75) is 51.9 Å². The molecule has 1 saturated carbocycles. The smallest absolute Gasteiger partial charge is 0.231 e. The molecular formula is C23H29N3O2S. The third-order valence-electron chi connectivity index (χ3n) is 5.81.